The lowest BCUT2D eigenvalue weighted by atomic mass is 10.1. The molecule has 0 radical (unpaired) electrons. The van der Waals surface area contributed by atoms with Crippen LogP contribution in [-0.2, 0) is 22.4 Å². The molecule has 7 heteroatoms. The van der Waals surface area contributed by atoms with Gasteiger partial charge in [0.15, 0.2) is 0 Å². The third-order valence-electron chi connectivity index (χ3n) is 4.35. The van der Waals surface area contributed by atoms with Crippen LogP contribution >= 0.6 is 0 Å². The molecule has 0 saturated heterocycles. The van der Waals surface area contributed by atoms with Crippen molar-refractivity contribution in [3.05, 3.63) is 65.0 Å². The van der Waals surface area contributed by atoms with E-state index in [-0.39, 0.29) is 18.3 Å². The van der Waals surface area contributed by atoms with E-state index in [4.69, 9.17) is 9.47 Å². The summed E-state index contributed by atoms with van der Waals surface area (Å²) in [6.07, 6.45) is 3.87. The van der Waals surface area contributed by atoms with Gasteiger partial charge >= 0.3 is 0 Å². The molecule has 6 nitrogen and oxygen atoms in total. The number of hydrogen-bond donors (Lipinski definition) is 2. The van der Waals surface area contributed by atoms with Crippen LogP contribution in [0.3, 0.4) is 0 Å². The topological polar surface area (TPSA) is 76.7 Å². The first kappa shape index (κ1) is 20.4. The molecule has 152 valence electrons. The average Bonchev–Trinajstić information content (AvgIpc) is 3.05. The molecule has 1 aliphatic heterocycles. The quantitative estimate of drug-likeness (QED) is 0.579. The molecule has 2 amide bonds. The second-order valence-electron chi connectivity index (χ2n) is 6.74. The van der Waals surface area contributed by atoms with Gasteiger partial charge in [-0.1, -0.05) is 12.1 Å². The predicted molar refractivity (Wildman–Crippen MR) is 107 cm³/mol. The van der Waals surface area contributed by atoms with Gasteiger partial charge in [0.25, 0.3) is 5.91 Å². The van der Waals surface area contributed by atoms with Crippen LogP contribution in [0.15, 0.2) is 42.5 Å². The largest absolute Gasteiger partial charge is 0.493 e. The van der Waals surface area contributed by atoms with Gasteiger partial charge in [-0.05, 0) is 49.8 Å². The second-order valence-corrected chi connectivity index (χ2v) is 6.74. The molecule has 1 aliphatic rings. The van der Waals surface area contributed by atoms with E-state index in [2.05, 4.69) is 10.9 Å². The fourth-order valence-electron chi connectivity index (χ4n) is 3.04. The Balaban J connectivity index is 1.58. The molecule has 0 aliphatic carbocycles. The Morgan fingerprint density at radius 1 is 1.24 bits per heavy atom. The van der Waals surface area contributed by atoms with E-state index in [1.54, 1.807) is 6.08 Å². The number of hydrogen-bond acceptors (Lipinski definition) is 4. The molecule has 3 rings (SSSR count). The number of carbonyl (C=O) groups is 2. The number of rotatable bonds is 6. The van der Waals surface area contributed by atoms with Crippen LogP contribution in [-0.4, -0.2) is 24.5 Å². The first-order valence-corrected chi connectivity index (χ1v) is 9.42. The second kappa shape index (κ2) is 9.23. The lowest BCUT2D eigenvalue weighted by molar-refractivity contribution is -0.126. The fourth-order valence-corrected chi connectivity index (χ4v) is 3.04. The van der Waals surface area contributed by atoms with Gasteiger partial charge in [0.1, 0.15) is 23.4 Å². The maximum atomic E-state index is 12.9. The van der Waals surface area contributed by atoms with Crippen molar-refractivity contribution in [2.45, 2.75) is 32.8 Å². The van der Waals surface area contributed by atoms with Gasteiger partial charge in [-0.25, -0.2) is 4.39 Å². The maximum Gasteiger partial charge on any atom is 0.262 e. The van der Waals surface area contributed by atoms with Gasteiger partial charge < -0.3 is 9.47 Å². The summed E-state index contributed by atoms with van der Waals surface area (Å²) in [5.74, 6) is 0.190. The Bertz CT molecular complexity index is 925. The summed E-state index contributed by atoms with van der Waals surface area (Å²) in [6, 6.07) is 9.37. The van der Waals surface area contributed by atoms with E-state index in [0.717, 1.165) is 17.7 Å². The molecule has 0 fully saturated rings. The summed E-state index contributed by atoms with van der Waals surface area (Å²) < 4.78 is 24.3. The molecular formula is C22H23FN2O4. The van der Waals surface area contributed by atoms with Gasteiger partial charge in [-0.15, -0.1) is 0 Å². The zero-order chi connectivity index (χ0) is 20.8. The van der Waals surface area contributed by atoms with E-state index in [1.165, 1.54) is 30.3 Å². The van der Waals surface area contributed by atoms with Crippen molar-refractivity contribution < 1.29 is 23.5 Å². The normalized spacial score (nSPS) is 14.9. The van der Waals surface area contributed by atoms with Gasteiger partial charge in [0.2, 0.25) is 5.91 Å². The van der Waals surface area contributed by atoms with Crippen LogP contribution in [0.5, 0.6) is 11.5 Å². The first-order chi connectivity index (χ1) is 13.9. The molecule has 1 heterocycles. The minimum Gasteiger partial charge on any atom is -0.493 e. The number of nitrogens with one attached hydrogen (secondary N) is 2. The summed E-state index contributed by atoms with van der Waals surface area (Å²) in [5, 5.41) is 0. The summed E-state index contributed by atoms with van der Waals surface area (Å²) in [4.78, 5) is 23.9. The van der Waals surface area contributed by atoms with E-state index < -0.39 is 11.8 Å². The smallest absolute Gasteiger partial charge is 0.262 e. The number of ether oxygens (including phenoxy) is 2. The molecule has 29 heavy (non-hydrogen) atoms. The summed E-state index contributed by atoms with van der Waals surface area (Å²) in [6.45, 7) is 4.39. The van der Waals surface area contributed by atoms with E-state index in [1.807, 2.05) is 26.0 Å². The molecule has 2 aromatic carbocycles. The molecule has 0 bridgehead atoms. The number of halogens is 1. The Labute approximate surface area is 168 Å². The van der Waals surface area contributed by atoms with Gasteiger partial charge in [0.05, 0.1) is 13.0 Å². The van der Waals surface area contributed by atoms with Crippen molar-refractivity contribution in [1.82, 2.24) is 10.9 Å². The molecule has 0 aromatic heterocycles. The number of fused-ring (bicyclic) bond motifs is 1. The lowest BCUT2D eigenvalue weighted by Crippen LogP contribution is -2.41. The molecule has 0 saturated carbocycles. The SMILES string of the molecule is CCOc1cc2c(cc1/C=C/C(=O)NNC(=O)Cc1ccc(F)cc1)O[C@H](C)C2. The van der Waals surface area contributed by atoms with Crippen molar-refractivity contribution in [2.75, 3.05) is 6.61 Å². The van der Waals surface area contributed by atoms with Gasteiger partial charge in [0, 0.05) is 23.6 Å². The van der Waals surface area contributed by atoms with Crippen LogP contribution in [0.2, 0.25) is 0 Å². The Kier molecular flexibility index (Phi) is 6.49. The molecule has 1 atom stereocenters. The highest BCUT2D eigenvalue weighted by atomic mass is 19.1. The van der Waals surface area contributed by atoms with Gasteiger partial charge in [-0.3, -0.25) is 20.4 Å². The van der Waals surface area contributed by atoms with Gasteiger partial charge in [-0.2, -0.15) is 0 Å². The van der Waals surface area contributed by atoms with Crippen molar-refractivity contribution in [2.24, 2.45) is 0 Å². The summed E-state index contributed by atoms with van der Waals surface area (Å²) in [5.41, 5.74) is 7.09. The third kappa shape index (κ3) is 5.57. The molecule has 2 N–H and O–H groups in total. The zero-order valence-corrected chi connectivity index (χ0v) is 16.3. The Hall–Kier alpha value is -3.35. The lowest BCUT2D eigenvalue weighted by Gasteiger charge is -2.10. The minimum absolute atomic E-state index is 0.0269. The number of amides is 2. The monoisotopic (exact) mass is 398 g/mol. The predicted octanol–water partition coefficient (Wildman–Crippen LogP) is 2.95. The third-order valence-corrected chi connectivity index (χ3v) is 4.35. The maximum absolute atomic E-state index is 12.9. The number of hydrazine groups is 1. The fraction of sp³-hybridized carbons (Fsp3) is 0.273. The molecule has 2 aromatic rings. The van der Waals surface area contributed by atoms with Crippen LogP contribution in [0.1, 0.15) is 30.5 Å². The molecule has 0 spiro atoms. The first-order valence-electron chi connectivity index (χ1n) is 9.42. The Morgan fingerprint density at radius 3 is 2.72 bits per heavy atom. The van der Waals surface area contributed by atoms with E-state index in [0.29, 0.717) is 23.5 Å². The van der Waals surface area contributed by atoms with Crippen LogP contribution in [0.25, 0.3) is 6.08 Å². The highest BCUT2D eigenvalue weighted by Gasteiger charge is 2.21. The van der Waals surface area contributed by atoms with Crippen LogP contribution in [0.4, 0.5) is 4.39 Å². The standard InChI is InChI=1S/C22H23FN2O4/c1-3-28-19-13-17-10-14(2)29-20(17)12-16(19)6-9-21(26)24-25-22(27)11-15-4-7-18(23)8-5-15/h4-9,12-14H,3,10-11H2,1-2H3,(H,24,26)(H,25,27)/b9-6+/t14-/m1/s1. The highest BCUT2D eigenvalue weighted by Crippen LogP contribution is 2.35. The summed E-state index contributed by atoms with van der Waals surface area (Å²) >= 11 is 0. The Morgan fingerprint density at radius 2 is 2.00 bits per heavy atom. The minimum atomic E-state index is -0.491. The van der Waals surface area contributed by atoms with E-state index in [9.17, 15) is 14.0 Å². The number of benzene rings is 2. The molecular weight excluding hydrogens is 375 g/mol. The highest BCUT2D eigenvalue weighted by molar-refractivity contribution is 5.93. The van der Waals surface area contributed by atoms with Crippen LogP contribution in [0, 0.1) is 5.82 Å². The number of carbonyl (C=O) groups excluding carboxylic acids is 2. The van der Waals surface area contributed by atoms with E-state index >= 15 is 0 Å². The van der Waals surface area contributed by atoms with Crippen molar-refractivity contribution >= 4 is 17.9 Å². The summed E-state index contributed by atoms with van der Waals surface area (Å²) in [7, 11) is 0. The van der Waals surface area contributed by atoms with Crippen molar-refractivity contribution in [1.29, 1.82) is 0 Å². The molecule has 0 unspecified atom stereocenters. The zero-order valence-electron chi connectivity index (χ0n) is 16.3. The average molecular weight is 398 g/mol. The van der Waals surface area contributed by atoms with Crippen molar-refractivity contribution in [3.63, 3.8) is 0 Å². The van der Waals surface area contributed by atoms with Crippen LogP contribution < -0.4 is 20.3 Å². The van der Waals surface area contributed by atoms with Crippen molar-refractivity contribution in [3.8, 4) is 11.5 Å².